The highest BCUT2D eigenvalue weighted by atomic mass is 19.1. The van der Waals surface area contributed by atoms with Gasteiger partial charge >= 0.3 is 0 Å². The monoisotopic (exact) mass is 298 g/mol. The number of likely N-dealkylation sites (N-methyl/N-ethyl adjacent to an activating group) is 1. The molecule has 2 aromatic carbocycles. The normalized spacial score (nSPS) is 10.8. The summed E-state index contributed by atoms with van der Waals surface area (Å²) in [6, 6.07) is 13.8. The number of amides is 1. The molecule has 0 aliphatic heterocycles. The number of halogens is 1. The molecule has 0 saturated carbocycles. The van der Waals surface area contributed by atoms with Crippen LogP contribution < -0.4 is 0 Å². The van der Waals surface area contributed by atoms with Gasteiger partial charge in [-0.05, 0) is 18.2 Å². The van der Waals surface area contributed by atoms with Gasteiger partial charge < -0.3 is 9.42 Å². The van der Waals surface area contributed by atoms with E-state index in [-0.39, 0.29) is 24.7 Å². The second-order valence-corrected chi connectivity index (χ2v) is 5.14. The summed E-state index contributed by atoms with van der Waals surface area (Å²) < 4.78 is 18.8. The van der Waals surface area contributed by atoms with Gasteiger partial charge in [0.25, 0.3) is 0 Å². The Bertz CT molecular complexity index is 813. The van der Waals surface area contributed by atoms with Crippen LogP contribution in [-0.2, 0) is 17.8 Å². The van der Waals surface area contributed by atoms with Gasteiger partial charge in [0.2, 0.25) is 5.91 Å². The lowest BCUT2D eigenvalue weighted by atomic mass is 10.1. The number of aromatic nitrogens is 1. The Morgan fingerprint density at radius 2 is 1.91 bits per heavy atom. The summed E-state index contributed by atoms with van der Waals surface area (Å²) in [6.45, 7) is 0.224. The predicted octanol–water partition coefficient (Wildman–Crippen LogP) is 3.17. The van der Waals surface area contributed by atoms with Gasteiger partial charge in [0.15, 0.2) is 5.58 Å². The van der Waals surface area contributed by atoms with Gasteiger partial charge in [-0.25, -0.2) is 4.39 Å². The molecule has 0 fully saturated rings. The molecule has 0 spiro atoms. The van der Waals surface area contributed by atoms with Crippen LogP contribution in [0.5, 0.6) is 0 Å². The largest absolute Gasteiger partial charge is 0.356 e. The molecular weight excluding hydrogens is 283 g/mol. The second-order valence-electron chi connectivity index (χ2n) is 5.14. The average molecular weight is 298 g/mol. The molecule has 0 aliphatic rings. The molecule has 0 aliphatic carbocycles. The standard InChI is InChI=1S/C17H15FN2O2/c1-20(11-12-6-2-4-8-14(12)18)17(21)10-15-13-7-3-5-9-16(13)22-19-15/h2-9H,10-11H2,1H3. The van der Waals surface area contributed by atoms with Crippen LogP contribution in [0.15, 0.2) is 53.1 Å². The first-order valence-corrected chi connectivity index (χ1v) is 6.96. The number of benzene rings is 2. The Hall–Kier alpha value is -2.69. The van der Waals surface area contributed by atoms with E-state index in [4.69, 9.17) is 4.52 Å². The van der Waals surface area contributed by atoms with Crippen LogP contribution in [0, 0.1) is 5.82 Å². The predicted molar refractivity (Wildman–Crippen MR) is 80.6 cm³/mol. The second kappa shape index (κ2) is 5.97. The first-order chi connectivity index (χ1) is 10.6. The zero-order chi connectivity index (χ0) is 15.5. The van der Waals surface area contributed by atoms with Crippen molar-refractivity contribution in [1.82, 2.24) is 10.1 Å². The van der Waals surface area contributed by atoms with Crippen LogP contribution in [0.25, 0.3) is 11.0 Å². The van der Waals surface area contributed by atoms with Crippen molar-refractivity contribution in [3.8, 4) is 0 Å². The highest BCUT2D eigenvalue weighted by Gasteiger charge is 2.16. The maximum atomic E-state index is 13.6. The summed E-state index contributed by atoms with van der Waals surface area (Å²) in [7, 11) is 1.65. The highest BCUT2D eigenvalue weighted by molar-refractivity contribution is 5.86. The Balaban J connectivity index is 1.73. The molecular formula is C17H15FN2O2. The molecule has 3 rings (SSSR count). The van der Waals surface area contributed by atoms with Gasteiger partial charge in [0, 0.05) is 24.5 Å². The smallest absolute Gasteiger partial charge is 0.228 e. The van der Waals surface area contributed by atoms with Crippen molar-refractivity contribution in [2.24, 2.45) is 0 Å². The van der Waals surface area contributed by atoms with Crippen LogP contribution in [0.2, 0.25) is 0 Å². The summed E-state index contributed by atoms with van der Waals surface area (Å²) in [5.41, 5.74) is 1.74. The zero-order valence-corrected chi connectivity index (χ0v) is 12.1. The Morgan fingerprint density at radius 1 is 1.18 bits per heavy atom. The Labute approximate surface area is 127 Å². The maximum Gasteiger partial charge on any atom is 0.228 e. The van der Waals surface area contributed by atoms with Crippen LogP contribution in [-0.4, -0.2) is 23.0 Å². The summed E-state index contributed by atoms with van der Waals surface area (Å²) in [6.07, 6.45) is 0.127. The minimum absolute atomic E-state index is 0.127. The van der Waals surface area contributed by atoms with E-state index in [9.17, 15) is 9.18 Å². The summed E-state index contributed by atoms with van der Waals surface area (Å²) in [4.78, 5) is 13.8. The minimum atomic E-state index is -0.311. The average Bonchev–Trinajstić information content (AvgIpc) is 2.93. The van der Waals surface area contributed by atoms with E-state index in [0.29, 0.717) is 16.8 Å². The van der Waals surface area contributed by atoms with Gasteiger partial charge in [-0.1, -0.05) is 35.5 Å². The maximum absolute atomic E-state index is 13.6. The molecule has 4 nitrogen and oxygen atoms in total. The van der Waals surface area contributed by atoms with Crippen molar-refractivity contribution < 1.29 is 13.7 Å². The molecule has 1 amide bonds. The van der Waals surface area contributed by atoms with E-state index in [0.717, 1.165) is 5.39 Å². The van der Waals surface area contributed by atoms with E-state index in [1.54, 1.807) is 31.3 Å². The molecule has 1 heterocycles. The number of carbonyl (C=O) groups is 1. The molecule has 0 radical (unpaired) electrons. The van der Waals surface area contributed by atoms with Crippen molar-refractivity contribution in [2.45, 2.75) is 13.0 Å². The SMILES string of the molecule is CN(Cc1ccccc1F)C(=O)Cc1noc2ccccc12. The van der Waals surface area contributed by atoms with Crippen molar-refractivity contribution in [3.05, 3.63) is 65.6 Å². The lowest BCUT2D eigenvalue weighted by Gasteiger charge is -2.17. The Kier molecular flexibility index (Phi) is 3.87. The van der Waals surface area contributed by atoms with Gasteiger partial charge in [-0.2, -0.15) is 0 Å². The summed E-state index contributed by atoms with van der Waals surface area (Å²) >= 11 is 0. The molecule has 0 saturated heterocycles. The molecule has 5 heteroatoms. The summed E-state index contributed by atoms with van der Waals surface area (Å²) in [5.74, 6) is -0.448. The van der Waals surface area contributed by atoms with E-state index < -0.39 is 0 Å². The van der Waals surface area contributed by atoms with E-state index in [1.165, 1.54) is 11.0 Å². The molecule has 1 aromatic heterocycles. The van der Waals surface area contributed by atoms with Crippen molar-refractivity contribution in [1.29, 1.82) is 0 Å². The van der Waals surface area contributed by atoms with Crippen LogP contribution >= 0.6 is 0 Å². The van der Waals surface area contributed by atoms with Gasteiger partial charge in [-0.3, -0.25) is 4.79 Å². The number of carbonyl (C=O) groups excluding carboxylic acids is 1. The highest BCUT2D eigenvalue weighted by Crippen LogP contribution is 2.19. The van der Waals surface area contributed by atoms with E-state index in [2.05, 4.69) is 5.16 Å². The van der Waals surface area contributed by atoms with Gasteiger partial charge in [-0.15, -0.1) is 0 Å². The number of para-hydroxylation sites is 1. The first-order valence-electron chi connectivity index (χ1n) is 6.96. The fourth-order valence-electron chi connectivity index (χ4n) is 2.31. The minimum Gasteiger partial charge on any atom is -0.356 e. The molecule has 112 valence electrons. The van der Waals surface area contributed by atoms with Crippen molar-refractivity contribution >= 4 is 16.9 Å². The fourth-order valence-corrected chi connectivity index (χ4v) is 2.31. The van der Waals surface area contributed by atoms with Crippen LogP contribution in [0.1, 0.15) is 11.3 Å². The third-order valence-electron chi connectivity index (χ3n) is 3.56. The molecule has 0 atom stereocenters. The fraction of sp³-hybridized carbons (Fsp3) is 0.176. The number of hydrogen-bond donors (Lipinski definition) is 0. The molecule has 0 bridgehead atoms. The lowest BCUT2D eigenvalue weighted by molar-refractivity contribution is -0.129. The number of hydrogen-bond acceptors (Lipinski definition) is 3. The third kappa shape index (κ3) is 2.83. The quantitative estimate of drug-likeness (QED) is 0.743. The first kappa shape index (κ1) is 14.3. The number of rotatable bonds is 4. The molecule has 22 heavy (non-hydrogen) atoms. The third-order valence-corrected chi connectivity index (χ3v) is 3.56. The van der Waals surface area contributed by atoms with Crippen LogP contribution in [0.3, 0.4) is 0 Å². The molecule has 0 N–H and O–H groups in total. The van der Waals surface area contributed by atoms with Crippen molar-refractivity contribution in [3.63, 3.8) is 0 Å². The van der Waals surface area contributed by atoms with Gasteiger partial charge in [0.1, 0.15) is 11.5 Å². The molecule has 3 aromatic rings. The lowest BCUT2D eigenvalue weighted by Crippen LogP contribution is -2.28. The Morgan fingerprint density at radius 3 is 2.73 bits per heavy atom. The van der Waals surface area contributed by atoms with E-state index in [1.807, 2.05) is 18.2 Å². The van der Waals surface area contributed by atoms with Gasteiger partial charge in [0.05, 0.1) is 6.42 Å². The molecule has 0 unspecified atom stereocenters. The van der Waals surface area contributed by atoms with Crippen molar-refractivity contribution in [2.75, 3.05) is 7.05 Å². The van der Waals surface area contributed by atoms with E-state index >= 15 is 0 Å². The summed E-state index contributed by atoms with van der Waals surface area (Å²) in [5, 5.41) is 4.77. The van der Waals surface area contributed by atoms with Crippen LogP contribution in [0.4, 0.5) is 4.39 Å². The topological polar surface area (TPSA) is 46.3 Å². The number of fused-ring (bicyclic) bond motifs is 1. The number of nitrogens with zero attached hydrogens (tertiary/aromatic N) is 2. The zero-order valence-electron chi connectivity index (χ0n) is 12.1.